The lowest BCUT2D eigenvalue weighted by Gasteiger charge is -2.12. The van der Waals surface area contributed by atoms with Gasteiger partial charge in [0.25, 0.3) is 0 Å². The van der Waals surface area contributed by atoms with Gasteiger partial charge in [-0.25, -0.2) is 0 Å². The summed E-state index contributed by atoms with van der Waals surface area (Å²) in [4.78, 5) is 2.72. The molecule has 7 aromatic rings. The summed E-state index contributed by atoms with van der Waals surface area (Å²) in [6.45, 7) is 0. The Morgan fingerprint density at radius 1 is 0.515 bits per heavy atom. The fraction of sp³-hybridized carbons (Fsp3) is 0. The lowest BCUT2D eigenvalue weighted by molar-refractivity contribution is 1.68. The Hall–Kier alpha value is -3.24. The van der Waals surface area contributed by atoms with Crippen LogP contribution in [-0.2, 0) is 0 Å². The molecule has 0 atom stereocenters. The van der Waals surface area contributed by atoms with E-state index < -0.39 is 0 Å². The normalized spacial score (nSPS) is 11.6. The minimum atomic E-state index is 1.29. The van der Waals surface area contributed by atoms with E-state index in [2.05, 4.69) is 108 Å². The fourth-order valence-electron chi connectivity index (χ4n) is 4.78. The van der Waals surface area contributed by atoms with Crippen molar-refractivity contribution in [2.24, 2.45) is 0 Å². The van der Waals surface area contributed by atoms with Crippen molar-refractivity contribution in [1.82, 2.24) is 0 Å². The number of benzene rings is 4. The highest BCUT2D eigenvalue weighted by Crippen LogP contribution is 2.51. The summed E-state index contributed by atoms with van der Waals surface area (Å²) in [5.41, 5.74) is 5.29. The van der Waals surface area contributed by atoms with E-state index in [0.717, 1.165) is 0 Å². The molecule has 0 bridgehead atoms. The van der Waals surface area contributed by atoms with E-state index in [0.29, 0.717) is 0 Å². The molecular weight excluding hydrogens is 457 g/mol. The Morgan fingerprint density at radius 2 is 1.18 bits per heavy atom. The molecule has 4 aromatic carbocycles. The monoisotopic (exact) mass is 474 g/mol. The molecule has 0 radical (unpaired) electrons. The smallest absolute Gasteiger partial charge is 0.0521 e. The van der Waals surface area contributed by atoms with Gasteiger partial charge in [0.15, 0.2) is 0 Å². The van der Waals surface area contributed by atoms with Gasteiger partial charge < -0.3 is 0 Å². The van der Waals surface area contributed by atoms with Crippen LogP contribution in [0.5, 0.6) is 0 Å². The average molecular weight is 475 g/mol. The summed E-state index contributed by atoms with van der Waals surface area (Å²) in [6, 6.07) is 35.2. The van der Waals surface area contributed by atoms with Crippen LogP contribution in [0.4, 0.5) is 0 Å². The Morgan fingerprint density at radius 3 is 1.94 bits per heavy atom. The van der Waals surface area contributed by atoms with Crippen LogP contribution in [0.25, 0.3) is 63.0 Å². The SMILES string of the molecule is c1ccc(-c2c3cc(-c4scc5ccccc45)sc3c(-c3ccccc3)c3ccsc23)cc1. The highest BCUT2D eigenvalue weighted by atomic mass is 32.1. The van der Waals surface area contributed by atoms with Gasteiger partial charge >= 0.3 is 0 Å². The summed E-state index contributed by atoms with van der Waals surface area (Å²) in [6.07, 6.45) is 0. The molecule has 0 unspecified atom stereocenters. The quantitative estimate of drug-likeness (QED) is 0.239. The van der Waals surface area contributed by atoms with Gasteiger partial charge in [0.1, 0.15) is 0 Å². The first kappa shape index (κ1) is 19.2. The van der Waals surface area contributed by atoms with E-state index >= 15 is 0 Å². The first-order valence-corrected chi connectivity index (χ1v) is 13.5. The maximum absolute atomic E-state index is 2.44. The first-order chi connectivity index (χ1) is 16.4. The summed E-state index contributed by atoms with van der Waals surface area (Å²) in [7, 11) is 0. The molecule has 33 heavy (non-hydrogen) atoms. The standard InChI is InChI=1S/C30H18S3/c1-3-9-19(10-4-1)26-23-15-16-31-29(23)27(20-11-5-2-6-12-20)24-17-25(33-30(24)26)28-22-14-8-7-13-21(22)18-32-28/h1-18H. The second-order valence-electron chi connectivity index (χ2n) is 8.15. The van der Waals surface area contributed by atoms with Crippen molar-refractivity contribution in [3.05, 3.63) is 108 Å². The number of fused-ring (bicyclic) bond motifs is 3. The zero-order valence-electron chi connectivity index (χ0n) is 17.6. The van der Waals surface area contributed by atoms with Crippen LogP contribution in [0.2, 0.25) is 0 Å². The maximum atomic E-state index is 2.44. The molecule has 0 amide bonds. The maximum Gasteiger partial charge on any atom is 0.0521 e. The summed E-state index contributed by atoms with van der Waals surface area (Å²) < 4.78 is 2.74. The van der Waals surface area contributed by atoms with Crippen molar-refractivity contribution in [3.63, 3.8) is 0 Å². The van der Waals surface area contributed by atoms with Crippen molar-refractivity contribution >= 4 is 65.0 Å². The van der Waals surface area contributed by atoms with Gasteiger partial charge in [-0.2, -0.15) is 0 Å². The zero-order chi connectivity index (χ0) is 21.8. The van der Waals surface area contributed by atoms with Gasteiger partial charge in [-0.05, 0) is 39.4 Å². The second kappa shape index (κ2) is 7.67. The highest BCUT2D eigenvalue weighted by molar-refractivity contribution is 7.27. The fourth-order valence-corrected chi connectivity index (χ4v) is 8.18. The highest BCUT2D eigenvalue weighted by Gasteiger charge is 2.21. The van der Waals surface area contributed by atoms with Gasteiger partial charge in [-0.3, -0.25) is 0 Å². The molecule has 0 saturated heterocycles. The molecule has 3 heterocycles. The predicted octanol–water partition coefficient (Wildman–Crippen LogP) is 10.3. The number of hydrogen-bond donors (Lipinski definition) is 0. The van der Waals surface area contributed by atoms with Gasteiger partial charge in [-0.15, -0.1) is 34.0 Å². The number of hydrogen-bond acceptors (Lipinski definition) is 3. The molecule has 0 nitrogen and oxygen atoms in total. The largest absolute Gasteiger partial charge is 0.143 e. The van der Waals surface area contributed by atoms with E-state index in [1.54, 1.807) is 0 Å². The van der Waals surface area contributed by atoms with Crippen LogP contribution >= 0.6 is 34.0 Å². The first-order valence-electron chi connectivity index (χ1n) is 10.9. The van der Waals surface area contributed by atoms with Gasteiger partial charge in [0.05, 0.1) is 4.88 Å². The van der Waals surface area contributed by atoms with Crippen molar-refractivity contribution in [2.45, 2.75) is 0 Å². The van der Waals surface area contributed by atoms with E-state index in [-0.39, 0.29) is 0 Å². The predicted molar refractivity (Wildman–Crippen MR) is 149 cm³/mol. The molecular formula is C30H18S3. The Balaban J connectivity index is 1.63. The van der Waals surface area contributed by atoms with E-state index in [4.69, 9.17) is 0 Å². The van der Waals surface area contributed by atoms with Crippen LogP contribution in [0.3, 0.4) is 0 Å². The van der Waals surface area contributed by atoms with E-state index in [1.165, 1.54) is 63.0 Å². The van der Waals surface area contributed by atoms with Crippen LogP contribution in [0.1, 0.15) is 0 Å². The van der Waals surface area contributed by atoms with Crippen molar-refractivity contribution < 1.29 is 0 Å². The lowest BCUT2D eigenvalue weighted by Crippen LogP contribution is -1.84. The van der Waals surface area contributed by atoms with Gasteiger partial charge in [-0.1, -0.05) is 84.9 Å². The number of thiophene rings is 3. The van der Waals surface area contributed by atoms with Gasteiger partial charge in [0.2, 0.25) is 0 Å². The molecule has 0 saturated carbocycles. The molecule has 0 N–H and O–H groups in total. The average Bonchev–Trinajstić information content (AvgIpc) is 3.61. The summed E-state index contributed by atoms with van der Waals surface area (Å²) >= 11 is 5.64. The summed E-state index contributed by atoms with van der Waals surface area (Å²) in [5, 5.41) is 9.89. The Kier molecular flexibility index (Phi) is 4.47. The van der Waals surface area contributed by atoms with Crippen molar-refractivity contribution in [1.29, 1.82) is 0 Å². The Bertz CT molecular complexity index is 1660. The zero-order valence-corrected chi connectivity index (χ0v) is 20.1. The topological polar surface area (TPSA) is 0 Å². The van der Waals surface area contributed by atoms with Gasteiger partial charge in [0, 0.05) is 41.6 Å². The van der Waals surface area contributed by atoms with Crippen LogP contribution < -0.4 is 0 Å². The molecule has 156 valence electrons. The minimum Gasteiger partial charge on any atom is -0.143 e. The molecule has 0 aliphatic carbocycles. The van der Waals surface area contributed by atoms with Crippen molar-refractivity contribution in [2.75, 3.05) is 0 Å². The molecule has 3 heteroatoms. The van der Waals surface area contributed by atoms with Crippen molar-refractivity contribution in [3.8, 4) is 32.0 Å². The molecule has 0 aliphatic rings. The lowest BCUT2D eigenvalue weighted by atomic mass is 9.93. The third-order valence-electron chi connectivity index (χ3n) is 6.25. The third-order valence-corrected chi connectivity index (χ3v) is 9.53. The third kappa shape index (κ3) is 3.01. The van der Waals surface area contributed by atoms with Crippen LogP contribution in [0.15, 0.2) is 108 Å². The van der Waals surface area contributed by atoms with E-state index in [9.17, 15) is 0 Å². The van der Waals surface area contributed by atoms with Crippen LogP contribution in [-0.4, -0.2) is 0 Å². The molecule has 0 spiro atoms. The minimum absolute atomic E-state index is 1.29. The second-order valence-corrected chi connectivity index (χ2v) is 11.0. The van der Waals surface area contributed by atoms with Crippen LogP contribution in [0, 0.1) is 0 Å². The molecule has 0 aliphatic heterocycles. The number of rotatable bonds is 3. The van der Waals surface area contributed by atoms with E-state index in [1.807, 2.05) is 34.0 Å². The molecule has 3 aromatic heterocycles. The Labute approximate surface area is 204 Å². The molecule has 0 fully saturated rings. The summed E-state index contributed by atoms with van der Waals surface area (Å²) in [5.74, 6) is 0. The molecule has 7 rings (SSSR count).